The van der Waals surface area contributed by atoms with Crippen molar-refractivity contribution in [3.63, 3.8) is 0 Å². The van der Waals surface area contributed by atoms with Crippen LogP contribution in [0.3, 0.4) is 0 Å². The molecule has 0 radical (unpaired) electrons. The number of hydrazone groups is 1. The van der Waals surface area contributed by atoms with Gasteiger partial charge < -0.3 is 25.9 Å². The fourth-order valence-corrected chi connectivity index (χ4v) is 1.16. The first kappa shape index (κ1) is 13.0. The van der Waals surface area contributed by atoms with Crippen molar-refractivity contribution in [2.75, 3.05) is 34.0 Å². The highest BCUT2D eigenvalue weighted by Gasteiger charge is 2.15. The van der Waals surface area contributed by atoms with Crippen molar-refractivity contribution in [3.8, 4) is 0 Å². The maximum Gasteiger partial charge on any atom is 0.213 e. The third-order valence-corrected chi connectivity index (χ3v) is 1.90. The molecular formula is C8H20N4O2. The first-order valence-electron chi connectivity index (χ1n) is 4.45. The Kier molecular flexibility index (Phi) is 6.87. The first-order valence-corrected chi connectivity index (χ1v) is 4.45. The number of nitrogens with zero attached hydrogens (tertiary/aromatic N) is 2. The van der Waals surface area contributed by atoms with Crippen LogP contribution in [-0.4, -0.2) is 50.9 Å². The maximum absolute atomic E-state index is 5.63. The molecule has 1 unspecified atom stereocenters. The van der Waals surface area contributed by atoms with Gasteiger partial charge in [-0.1, -0.05) is 0 Å². The molecule has 0 aliphatic carbocycles. The van der Waals surface area contributed by atoms with Crippen molar-refractivity contribution in [2.45, 2.75) is 13.0 Å². The third kappa shape index (κ3) is 4.29. The van der Waals surface area contributed by atoms with E-state index in [0.717, 1.165) is 0 Å². The largest absolute Gasteiger partial charge is 0.383 e. The highest BCUT2D eigenvalue weighted by atomic mass is 16.5. The summed E-state index contributed by atoms with van der Waals surface area (Å²) in [5.41, 5.74) is 5.63. The predicted octanol–water partition coefficient (Wildman–Crippen LogP) is -0.842. The van der Waals surface area contributed by atoms with Gasteiger partial charge in [0.25, 0.3) is 0 Å². The predicted molar refractivity (Wildman–Crippen MR) is 55.7 cm³/mol. The van der Waals surface area contributed by atoms with E-state index in [1.54, 1.807) is 14.2 Å². The van der Waals surface area contributed by atoms with Crippen molar-refractivity contribution >= 4 is 5.96 Å². The van der Waals surface area contributed by atoms with Crippen LogP contribution in [0.15, 0.2) is 5.10 Å². The molecule has 0 aliphatic rings. The van der Waals surface area contributed by atoms with Gasteiger partial charge in [-0.25, -0.2) is 0 Å². The van der Waals surface area contributed by atoms with Gasteiger partial charge in [0, 0.05) is 20.8 Å². The molecule has 84 valence electrons. The van der Waals surface area contributed by atoms with E-state index in [-0.39, 0.29) is 6.04 Å². The number of rotatable bonds is 6. The molecule has 0 aromatic rings. The van der Waals surface area contributed by atoms with Gasteiger partial charge in [0.1, 0.15) is 0 Å². The lowest BCUT2D eigenvalue weighted by Crippen LogP contribution is -2.47. The van der Waals surface area contributed by atoms with Crippen molar-refractivity contribution in [2.24, 2.45) is 16.7 Å². The summed E-state index contributed by atoms with van der Waals surface area (Å²) < 4.78 is 9.99. The molecule has 0 amide bonds. The summed E-state index contributed by atoms with van der Waals surface area (Å²) in [5, 5.41) is 3.45. The lowest BCUT2D eigenvalue weighted by Gasteiger charge is -2.28. The van der Waals surface area contributed by atoms with Gasteiger partial charge in [-0.3, -0.25) is 0 Å². The molecule has 14 heavy (non-hydrogen) atoms. The number of hydrogen-bond acceptors (Lipinski definition) is 4. The van der Waals surface area contributed by atoms with Gasteiger partial charge >= 0.3 is 0 Å². The Morgan fingerprint density at radius 3 is 2.50 bits per heavy atom. The van der Waals surface area contributed by atoms with E-state index in [4.69, 9.17) is 21.1 Å². The van der Waals surface area contributed by atoms with Crippen LogP contribution in [0.2, 0.25) is 0 Å². The number of guanidine groups is 1. The molecular weight excluding hydrogens is 184 g/mol. The van der Waals surface area contributed by atoms with Gasteiger partial charge in [-0.05, 0) is 6.92 Å². The fourth-order valence-electron chi connectivity index (χ4n) is 1.16. The second-order valence-electron chi connectivity index (χ2n) is 2.98. The zero-order valence-electron chi connectivity index (χ0n) is 9.06. The lowest BCUT2D eigenvalue weighted by atomic mass is 10.3. The lowest BCUT2D eigenvalue weighted by molar-refractivity contribution is 0.112. The number of methoxy groups -OCH3 is 2. The quantitative estimate of drug-likeness (QED) is 0.255. The van der Waals surface area contributed by atoms with Crippen LogP contribution in [0.4, 0.5) is 0 Å². The van der Waals surface area contributed by atoms with E-state index in [0.29, 0.717) is 25.7 Å². The summed E-state index contributed by atoms with van der Waals surface area (Å²) >= 11 is 0. The van der Waals surface area contributed by atoms with E-state index in [9.17, 15) is 0 Å². The fraction of sp³-hybridized carbons (Fsp3) is 0.875. The molecule has 0 aromatic carbocycles. The highest BCUT2D eigenvalue weighted by Crippen LogP contribution is 1.98. The molecule has 0 saturated carbocycles. The van der Waals surface area contributed by atoms with Crippen molar-refractivity contribution in [1.82, 2.24) is 4.90 Å². The van der Waals surface area contributed by atoms with Crippen LogP contribution in [0.25, 0.3) is 0 Å². The first-order chi connectivity index (χ1) is 6.67. The molecule has 0 aromatic heterocycles. The minimum atomic E-state index is 0.127. The molecule has 0 aliphatic heterocycles. The monoisotopic (exact) mass is 204 g/mol. The van der Waals surface area contributed by atoms with E-state index in [1.165, 1.54) is 0 Å². The number of ether oxygens (including phenoxy) is 2. The van der Waals surface area contributed by atoms with Crippen molar-refractivity contribution in [3.05, 3.63) is 0 Å². The molecule has 4 N–H and O–H groups in total. The Morgan fingerprint density at radius 1 is 1.43 bits per heavy atom. The van der Waals surface area contributed by atoms with Gasteiger partial charge in [-0.2, -0.15) is 0 Å². The van der Waals surface area contributed by atoms with Crippen molar-refractivity contribution in [1.29, 1.82) is 0 Å². The van der Waals surface area contributed by atoms with Gasteiger partial charge in [0.15, 0.2) is 0 Å². The molecule has 0 saturated heterocycles. The summed E-state index contributed by atoms with van der Waals surface area (Å²) in [6.07, 6.45) is 0. The maximum atomic E-state index is 5.63. The van der Waals surface area contributed by atoms with Crippen LogP contribution in [-0.2, 0) is 9.47 Å². The van der Waals surface area contributed by atoms with E-state index in [2.05, 4.69) is 5.10 Å². The minimum absolute atomic E-state index is 0.127. The Balaban J connectivity index is 4.22. The number of nitrogens with two attached hydrogens (primary N) is 2. The molecule has 0 heterocycles. The topological polar surface area (TPSA) is 86.1 Å². The van der Waals surface area contributed by atoms with Crippen molar-refractivity contribution < 1.29 is 9.47 Å². The second-order valence-corrected chi connectivity index (χ2v) is 2.98. The minimum Gasteiger partial charge on any atom is -0.383 e. The van der Waals surface area contributed by atoms with Crippen LogP contribution in [0.1, 0.15) is 6.92 Å². The van der Waals surface area contributed by atoms with Crippen LogP contribution >= 0.6 is 0 Å². The SMILES string of the molecule is COCCN(C(N)=NN)C(C)COC. The Bertz CT molecular complexity index is 175. The molecule has 0 rings (SSSR count). The van der Waals surface area contributed by atoms with Gasteiger partial charge in [0.05, 0.1) is 19.3 Å². The standard InChI is InChI=1S/C8H20N4O2/c1-7(6-14-3)12(4-5-13-2)8(9)11-10/h7H,4-6,10H2,1-3H3,(H2,9,11). The molecule has 0 fully saturated rings. The zero-order valence-corrected chi connectivity index (χ0v) is 9.06. The summed E-state index contributed by atoms with van der Waals surface area (Å²) in [6, 6.07) is 0.127. The smallest absolute Gasteiger partial charge is 0.213 e. The zero-order chi connectivity index (χ0) is 11.0. The molecule has 6 nitrogen and oxygen atoms in total. The molecule has 0 spiro atoms. The summed E-state index contributed by atoms with van der Waals surface area (Å²) in [6.45, 7) is 3.77. The van der Waals surface area contributed by atoms with Gasteiger partial charge in [-0.15, -0.1) is 5.10 Å². The highest BCUT2D eigenvalue weighted by molar-refractivity contribution is 5.78. The molecule has 0 bridgehead atoms. The molecule has 6 heteroatoms. The average Bonchev–Trinajstić information content (AvgIpc) is 2.18. The second kappa shape index (κ2) is 7.40. The summed E-state index contributed by atoms with van der Waals surface area (Å²) in [5.74, 6) is 5.42. The normalized spacial score (nSPS) is 14.1. The van der Waals surface area contributed by atoms with Crippen LogP contribution in [0.5, 0.6) is 0 Å². The van der Waals surface area contributed by atoms with E-state index in [1.807, 2.05) is 11.8 Å². The van der Waals surface area contributed by atoms with E-state index < -0.39 is 0 Å². The Labute approximate surface area is 84.8 Å². The Morgan fingerprint density at radius 2 is 2.07 bits per heavy atom. The van der Waals surface area contributed by atoms with E-state index >= 15 is 0 Å². The summed E-state index contributed by atoms with van der Waals surface area (Å²) in [7, 11) is 3.27. The Hall–Kier alpha value is -1.01. The van der Waals surface area contributed by atoms with Gasteiger partial charge in [0.2, 0.25) is 5.96 Å². The molecule has 1 atom stereocenters. The third-order valence-electron chi connectivity index (χ3n) is 1.90. The average molecular weight is 204 g/mol. The van der Waals surface area contributed by atoms with Crippen LogP contribution < -0.4 is 11.6 Å². The number of hydrogen-bond donors (Lipinski definition) is 2. The van der Waals surface area contributed by atoms with Crippen LogP contribution in [0, 0.1) is 0 Å². The summed E-state index contributed by atoms with van der Waals surface area (Å²) in [4.78, 5) is 1.84.